The lowest BCUT2D eigenvalue weighted by Gasteiger charge is -2.15. The van der Waals surface area contributed by atoms with Gasteiger partial charge in [-0.1, -0.05) is 27.5 Å². The van der Waals surface area contributed by atoms with Crippen molar-refractivity contribution in [3.8, 4) is 11.1 Å². The molecule has 0 spiro atoms. The predicted octanol–water partition coefficient (Wildman–Crippen LogP) is 5.34. The Morgan fingerprint density at radius 2 is 1.88 bits per heavy atom. The van der Waals surface area contributed by atoms with Gasteiger partial charge in [0.15, 0.2) is 0 Å². The van der Waals surface area contributed by atoms with Crippen LogP contribution in [0.1, 0.15) is 19.9 Å². The number of nitrogens with zero attached hydrogens (tertiary/aromatic N) is 2. The summed E-state index contributed by atoms with van der Waals surface area (Å²) in [5, 5.41) is 4.34. The molecule has 0 N–H and O–H groups in total. The molecule has 3 nitrogen and oxygen atoms in total. The molecular weight excluding hydrogens is 402 g/mol. The molecule has 0 amide bonds. The summed E-state index contributed by atoms with van der Waals surface area (Å²) in [4.78, 5) is 12.0. The van der Waals surface area contributed by atoms with Crippen LogP contribution in [0.4, 0.5) is 8.78 Å². The van der Waals surface area contributed by atoms with E-state index in [2.05, 4.69) is 21.0 Å². The van der Waals surface area contributed by atoms with Crippen LogP contribution in [0.5, 0.6) is 0 Å². The highest BCUT2D eigenvalue weighted by atomic mass is 79.9. The monoisotopic (exact) mass is 412 g/mol. The van der Waals surface area contributed by atoms with Crippen molar-refractivity contribution in [1.82, 2.24) is 9.78 Å². The van der Waals surface area contributed by atoms with Crippen molar-refractivity contribution >= 4 is 38.4 Å². The lowest BCUT2D eigenvalue weighted by Crippen LogP contribution is -2.14. The molecule has 1 aromatic heterocycles. The summed E-state index contributed by atoms with van der Waals surface area (Å²) < 4.78 is 31.0. The van der Waals surface area contributed by atoms with Crippen LogP contribution >= 0.6 is 27.5 Å². The molecule has 3 aromatic rings. The summed E-state index contributed by atoms with van der Waals surface area (Å²) in [7, 11) is 0. The van der Waals surface area contributed by atoms with Crippen molar-refractivity contribution in [2.75, 3.05) is 0 Å². The first kappa shape index (κ1) is 17.0. The number of fused-ring (bicyclic) bond motifs is 1. The van der Waals surface area contributed by atoms with Gasteiger partial charge in [0.2, 0.25) is 5.43 Å². The number of hydrogen-bond donors (Lipinski definition) is 0. The Kier molecular flexibility index (Phi) is 4.44. The quantitative estimate of drug-likeness (QED) is 0.568. The Morgan fingerprint density at radius 1 is 1.17 bits per heavy atom. The van der Waals surface area contributed by atoms with E-state index >= 15 is 0 Å². The van der Waals surface area contributed by atoms with Gasteiger partial charge in [0.05, 0.1) is 22.1 Å². The third-order valence-electron chi connectivity index (χ3n) is 3.66. The van der Waals surface area contributed by atoms with Crippen LogP contribution in [0.25, 0.3) is 22.0 Å². The lowest BCUT2D eigenvalue weighted by atomic mass is 10.0. The normalized spacial score (nSPS) is 11.5. The summed E-state index contributed by atoms with van der Waals surface area (Å²) >= 11 is 9.25. The van der Waals surface area contributed by atoms with Crippen LogP contribution in [0.3, 0.4) is 0 Å². The Hall–Kier alpha value is -1.79. The minimum absolute atomic E-state index is 0.0145. The number of rotatable bonds is 2. The molecule has 24 heavy (non-hydrogen) atoms. The van der Waals surface area contributed by atoms with Crippen molar-refractivity contribution < 1.29 is 8.78 Å². The second-order valence-corrected chi connectivity index (χ2v) is 6.96. The van der Waals surface area contributed by atoms with Crippen LogP contribution < -0.4 is 5.43 Å². The molecule has 7 heteroatoms. The number of benzene rings is 2. The Balaban J connectivity index is 2.41. The molecule has 0 saturated heterocycles. The SMILES string of the molecule is CC(C)n1ncc(=O)c2cc(F)c(-c3c(F)cc(Br)cc3Cl)cc21. The molecule has 0 unspecified atom stereocenters. The van der Waals surface area contributed by atoms with E-state index in [1.807, 2.05) is 13.8 Å². The Labute approximate surface area is 150 Å². The molecule has 124 valence electrons. The first-order valence-corrected chi connectivity index (χ1v) is 8.32. The number of hydrogen-bond acceptors (Lipinski definition) is 2. The van der Waals surface area contributed by atoms with Gasteiger partial charge in [-0.3, -0.25) is 9.48 Å². The zero-order valence-electron chi connectivity index (χ0n) is 12.8. The van der Waals surface area contributed by atoms with Crippen LogP contribution in [0.15, 0.2) is 39.7 Å². The van der Waals surface area contributed by atoms with Crippen molar-refractivity contribution in [2.45, 2.75) is 19.9 Å². The highest BCUT2D eigenvalue weighted by molar-refractivity contribution is 9.10. The molecule has 1 heterocycles. The van der Waals surface area contributed by atoms with E-state index < -0.39 is 17.1 Å². The van der Waals surface area contributed by atoms with Crippen molar-refractivity contribution in [3.63, 3.8) is 0 Å². The molecule has 0 radical (unpaired) electrons. The highest BCUT2D eigenvalue weighted by Gasteiger charge is 2.18. The molecule has 0 fully saturated rings. The van der Waals surface area contributed by atoms with Gasteiger partial charge in [0.1, 0.15) is 11.6 Å². The van der Waals surface area contributed by atoms with Crippen LogP contribution in [0, 0.1) is 11.6 Å². The molecule has 0 aliphatic carbocycles. The van der Waals surface area contributed by atoms with E-state index in [4.69, 9.17) is 11.6 Å². The highest BCUT2D eigenvalue weighted by Crippen LogP contribution is 2.36. The topological polar surface area (TPSA) is 34.9 Å². The van der Waals surface area contributed by atoms with Gasteiger partial charge in [-0.25, -0.2) is 8.78 Å². The molecular formula is C17H12BrClF2N2O. The first-order chi connectivity index (χ1) is 11.3. The van der Waals surface area contributed by atoms with Gasteiger partial charge >= 0.3 is 0 Å². The van der Waals surface area contributed by atoms with E-state index in [1.54, 1.807) is 4.68 Å². The van der Waals surface area contributed by atoms with Crippen molar-refractivity contribution in [2.24, 2.45) is 0 Å². The maximum Gasteiger partial charge on any atom is 0.208 e. The molecule has 0 atom stereocenters. The lowest BCUT2D eigenvalue weighted by molar-refractivity contribution is 0.540. The van der Waals surface area contributed by atoms with Crippen LogP contribution in [-0.2, 0) is 0 Å². The van der Waals surface area contributed by atoms with E-state index in [0.717, 1.165) is 12.3 Å². The maximum absolute atomic E-state index is 14.6. The van der Waals surface area contributed by atoms with Crippen LogP contribution in [-0.4, -0.2) is 9.78 Å². The van der Waals surface area contributed by atoms with Gasteiger partial charge in [0.25, 0.3) is 0 Å². The number of aromatic nitrogens is 2. The minimum atomic E-state index is -0.718. The predicted molar refractivity (Wildman–Crippen MR) is 94.5 cm³/mol. The van der Waals surface area contributed by atoms with Gasteiger partial charge in [-0.2, -0.15) is 5.10 Å². The zero-order valence-corrected chi connectivity index (χ0v) is 15.1. The van der Waals surface area contributed by atoms with E-state index in [0.29, 0.717) is 9.99 Å². The summed E-state index contributed by atoms with van der Waals surface area (Å²) in [5.41, 5.74) is -0.0350. The standard InChI is InChI=1S/C17H12BrClF2N2O/c1-8(2)23-15-6-10(13(20)5-11(15)16(24)7-22-23)17-12(19)3-9(18)4-14(17)21/h3-8H,1-2H3. The minimum Gasteiger partial charge on any atom is -0.287 e. The molecule has 3 rings (SSSR count). The van der Waals surface area contributed by atoms with Crippen molar-refractivity contribution in [3.05, 3.63) is 61.8 Å². The zero-order chi connectivity index (χ0) is 17.6. The van der Waals surface area contributed by atoms with E-state index in [-0.39, 0.29) is 27.6 Å². The second-order valence-electron chi connectivity index (χ2n) is 5.64. The summed E-state index contributed by atoms with van der Waals surface area (Å²) in [6.45, 7) is 3.76. The Bertz CT molecular complexity index is 994. The fraction of sp³-hybridized carbons (Fsp3) is 0.176. The third kappa shape index (κ3) is 2.84. The Morgan fingerprint density at radius 3 is 2.50 bits per heavy atom. The third-order valence-corrected chi connectivity index (χ3v) is 4.42. The largest absolute Gasteiger partial charge is 0.287 e. The first-order valence-electron chi connectivity index (χ1n) is 7.15. The summed E-state index contributed by atoms with van der Waals surface area (Å²) in [6, 6.07) is 5.16. The number of halogens is 4. The molecule has 0 aliphatic heterocycles. The average molecular weight is 414 g/mol. The average Bonchev–Trinajstić information content (AvgIpc) is 2.47. The summed E-state index contributed by atoms with van der Waals surface area (Å²) in [5.74, 6) is -1.38. The van der Waals surface area contributed by atoms with E-state index in [1.165, 1.54) is 18.2 Å². The molecule has 2 aromatic carbocycles. The fourth-order valence-corrected chi connectivity index (χ4v) is 3.47. The van der Waals surface area contributed by atoms with Gasteiger partial charge in [-0.15, -0.1) is 0 Å². The van der Waals surface area contributed by atoms with Gasteiger partial charge in [0, 0.05) is 21.6 Å². The van der Waals surface area contributed by atoms with Gasteiger partial charge < -0.3 is 0 Å². The van der Waals surface area contributed by atoms with Crippen molar-refractivity contribution in [1.29, 1.82) is 0 Å². The fourth-order valence-electron chi connectivity index (χ4n) is 2.60. The molecule has 0 saturated carbocycles. The molecule has 0 aliphatic rings. The molecule has 0 bridgehead atoms. The van der Waals surface area contributed by atoms with E-state index in [9.17, 15) is 13.6 Å². The van der Waals surface area contributed by atoms with Crippen LogP contribution in [0.2, 0.25) is 5.02 Å². The summed E-state index contributed by atoms with van der Waals surface area (Å²) in [6.07, 6.45) is 1.15. The second kappa shape index (κ2) is 6.26. The van der Waals surface area contributed by atoms with Gasteiger partial charge in [-0.05, 0) is 38.1 Å². The smallest absolute Gasteiger partial charge is 0.208 e. The maximum atomic E-state index is 14.6.